The van der Waals surface area contributed by atoms with Crippen molar-refractivity contribution in [2.75, 3.05) is 0 Å². The van der Waals surface area contributed by atoms with Gasteiger partial charge in [0.25, 0.3) is 5.09 Å². The van der Waals surface area contributed by atoms with E-state index in [4.69, 9.17) is 15.3 Å². The second-order valence-corrected chi connectivity index (χ2v) is 0.238. The molecule has 5 heteroatoms. The van der Waals surface area contributed by atoms with Crippen LogP contribution in [0.15, 0.2) is 0 Å². The van der Waals surface area contributed by atoms with Gasteiger partial charge >= 0.3 is 37.7 Å². The van der Waals surface area contributed by atoms with E-state index in [0.717, 1.165) is 0 Å². The van der Waals surface area contributed by atoms with Crippen LogP contribution < -0.4 is 0 Å². The van der Waals surface area contributed by atoms with Gasteiger partial charge in [0, 0.05) is 0 Å². The van der Waals surface area contributed by atoms with Crippen LogP contribution in [0.5, 0.6) is 0 Å². The van der Waals surface area contributed by atoms with E-state index < -0.39 is 5.09 Å². The molecule has 0 fully saturated rings. The van der Waals surface area contributed by atoms with E-state index in [0.29, 0.717) is 0 Å². The zero-order valence-corrected chi connectivity index (χ0v) is 4.63. The van der Waals surface area contributed by atoms with Gasteiger partial charge in [-0.3, -0.25) is 0 Å². The Bertz CT molecular complexity index is 29.9. The summed E-state index contributed by atoms with van der Waals surface area (Å²) in [7, 11) is 0. The fraction of sp³-hybridized carbons (Fsp3) is 0. The first-order valence-electron chi connectivity index (χ1n) is 0.565. The number of hydrogen-bond donors (Lipinski definition) is 1. The van der Waals surface area contributed by atoms with Crippen LogP contribution in [-0.4, -0.2) is 48.0 Å². The van der Waals surface area contributed by atoms with Crippen molar-refractivity contribution in [1.29, 1.82) is 0 Å². The zero-order chi connectivity index (χ0) is 3.58. The molecule has 0 unspecified atom stereocenters. The Kier molecular flexibility index (Phi) is 8.09. The van der Waals surface area contributed by atoms with Gasteiger partial charge in [0.1, 0.15) is 0 Å². The van der Waals surface area contributed by atoms with Crippen LogP contribution in [0.2, 0.25) is 0 Å². The molecule has 0 aromatic rings. The predicted molar refractivity (Wildman–Crippen MR) is 14.5 cm³/mol. The Morgan fingerprint density at radius 3 is 1.80 bits per heavy atom. The summed E-state index contributed by atoms with van der Waals surface area (Å²) in [4.78, 5) is 8.36. The van der Waals surface area contributed by atoms with Gasteiger partial charge in [0.05, 0.1) is 0 Å². The smallest absolute Gasteiger partial charge is 0.328 e. The minimum absolute atomic E-state index is 0. The topological polar surface area (TPSA) is 63.4 Å². The largest absolute Gasteiger partial charge is 2.00 e. The molecule has 0 amide bonds. The predicted octanol–water partition coefficient (Wildman–Crippen LogP) is -0.729. The van der Waals surface area contributed by atoms with Crippen molar-refractivity contribution in [2.45, 2.75) is 0 Å². The van der Waals surface area contributed by atoms with Crippen LogP contribution >= 0.6 is 0 Å². The van der Waals surface area contributed by atoms with Crippen LogP contribution in [0.1, 0.15) is 0 Å². The number of nitrogens with zero attached hydrogens (tertiary/aromatic N) is 1. The molecular weight excluding hydrogens is 102 g/mol. The Balaban J connectivity index is 0. The molecule has 5 heavy (non-hydrogen) atoms. The molecule has 0 rings (SSSR count). The van der Waals surface area contributed by atoms with Gasteiger partial charge in [-0.2, -0.15) is 0 Å². The number of rotatable bonds is 0. The second-order valence-electron chi connectivity index (χ2n) is 0.238. The summed E-state index contributed by atoms with van der Waals surface area (Å²) >= 11 is 0. The molecule has 24 valence electrons. The van der Waals surface area contributed by atoms with Crippen molar-refractivity contribution in [3.05, 3.63) is 10.1 Å². The molecule has 0 aromatic heterocycles. The maximum absolute atomic E-state index is 8.36. The molecule has 0 aromatic carbocycles. The minimum Gasteiger partial charge on any atom is -0.328 e. The van der Waals surface area contributed by atoms with Crippen LogP contribution in [0.25, 0.3) is 0 Å². The maximum atomic E-state index is 8.36. The van der Waals surface area contributed by atoms with Gasteiger partial charge in [-0.25, -0.2) is 0 Å². The number of hydrogen-bond acceptors (Lipinski definition) is 2. The monoisotopic (exact) mass is 103 g/mol. The van der Waals surface area contributed by atoms with Crippen molar-refractivity contribution in [3.63, 3.8) is 0 Å². The van der Waals surface area contributed by atoms with E-state index in [1.165, 1.54) is 0 Å². The van der Waals surface area contributed by atoms with Gasteiger partial charge in [-0.15, -0.1) is 10.1 Å². The first-order valence-corrected chi connectivity index (χ1v) is 0.565. The quantitative estimate of drug-likeness (QED) is 0.250. The van der Waals surface area contributed by atoms with E-state index in [-0.39, 0.29) is 37.7 Å². The van der Waals surface area contributed by atoms with E-state index in [1.54, 1.807) is 0 Å². The summed E-state index contributed by atoms with van der Waals surface area (Å²) in [6.07, 6.45) is 0. The molecule has 0 saturated heterocycles. The fourth-order valence-corrected chi connectivity index (χ4v) is 0. The summed E-state index contributed by atoms with van der Waals surface area (Å²) < 4.78 is 0. The van der Waals surface area contributed by atoms with Gasteiger partial charge in [-0.05, 0) is 0 Å². The SMILES string of the molecule is O=[N+]([O-])O.[Ca+2]. The summed E-state index contributed by atoms with van der Waals surface area (Å²) in [5.74, 6) is 0. The summed E-state index contributed by atoms with van der Waals surface area (Å²) in [5.41, 5.74) is 0. The van der Waals surface area contributed by atoms with Crippen LogP contribution in [0.4, 0.5) is 0 Å². The van der Waals surface area contributed by atoms with Gasteiger partial charge in [-0.1, -0.05) is 0 Å². The van der Waals surface area contributed by atoms with E-state index in [9.17, 15) is 0 Å². The third-order valence-corrected chi connectivity index (χ3v) is 0. The Morgan fingerprint density at radius 1 is 1.80 bits per heavy atom. The van der Waals surface area contributed by atoms with Crippen molar-refractivity contribution in [3.8, 4) is 0 Å². The Morgan fingerprint density at radius 2 is 1.80 bits per heavy atom. The van der Waals surface area contributed by atoms with E-state index in [2.05, 4.69) is 0 Å². The molecule has 0 aliphatic rings. The molecule has 0 heterocycles. The first-order chi connectivity index (χ1) is 1.73. The van der Waals surface area contributed by atoms with E-state index in [1.807, 2.05) is 0 Å². The Hall–Kier alpha value is 0.460. The molecular formula is HCaNO3+2. The third kappa shape index (κ3) is 128. The van der Waals surface area contributed by atoms with Crippen molar-refractivity contribution < 1.29 is 10.3 Å². The molecule has 0 atom stereocenters. The third-order valence-electron chi connectivity index (χ3n) is 0. The van der Waals surface area contributed by atoms with Gasteiger partial charge in [0.2, 0.25) is 0 Å². The van der Waals surface area contributed by atoms with Crippen LogP contribution in [-0.2, 0) is 0 Å². The molecule has 0 saturated carbocycles. The molecule has 1 N–H and O–H groups in total. The minimum atomic E-state index is -1.50. The van der Waals surface area contributed by atoms with Gasteiger partial charge in [0.15, 0.2) is 0 Å². The molecule has 4 nitrogen and oxygen atoms in total. The zero-order valence-electron chi connectivity index (χ0n) is 2.42. The van der Waals surface area contributed by atoms with E-state index >= 15 is 0 Å². The normalized spacial score (nSPS) is 4.80. The summed E-state index contributed by atoms with van der Waals surface area (Å²) in [5, 5.41) is 13.6. The second kappa shape index (κ2) is 4.46. The van der Waals surface area contributed by atoms with Crippen molar-refractivity contribution in [1.82, 2.24) is 0 Å². The standard InChI is InChI=1S/Ca.HNO3/c;2-1(3)4/h;(H,2,3,4)/q+2;. The average molecular weight is 103 g/mol. The Labute approximate surface area is 57.9 Å². The first kappa shape index (κ1) is 9.07. The maximum Gasteiger partial charge on any atom is 2.00 e. The van der Waals surface area contributed by atoms with Crippen molar-refractivity contribution in [2.24, 2.45) is 0 Å². The van der Waals surface area contributed by atoms with Crippen molar-refractivity contribution >= 4 is 37.7 Å². The summed E-state index contributed by atoms with van der Waals surface area (Å²) in [6.45, 7) is 0. The molecule has 0 aliphatic carbocycles. The molecule has 0 spiro atoms. The van der Waals surface area contributed by atoms with Crippen LogP contribution in [0.3, 0.4) is 0 Å². The molecule has 0 aliphatic heterocycles. The molecule has 0 bridgehead atoms. The summed E-state index contributed by atoms with van der Waals surface area (Å²) in [6, 6.07) is 0. The fourth-order valence-electron chi connectivity index (χ4n) is 0. The van der Waals surface area contributed by atoms with Crippen LogP contribution in [0, 0.1) is 10.1 Å². The molecule has 0 radical (unpaired) electrons. The average Bonchev–Trinajstić information content (AvgIpc) is 0.811. The van der Waals surface area contributed by atoms with Gasteiger partial charge < -0.3 is 5.21 Å².